The molecule has 1 aromatic carbocycles. The van der Waals surface area contributed by atoms with Gasteiger partial charge in [0.1, 0.15) is 11.9 Å². The number of likely N-dealkylation sites (N-methyl/N-ethyl adjacent to an activating group) is 2. The zero-order valence-corrected chi connectivity index (χ0v) is 14.8. The van der Waals surface area contributed by atoms with Crippen molar-refractivity contribution >= 4 is 5.91 Å². The van der Waals surface area contributed by atoms with E-state index in [-0.39, 0.29) is 12.0 Å². The van der Waals surface area contributed by atoms with Gasteiger partial charge in [-0.25, -0.2) is 0 Å². The molecule has 1 saturated heterocycles. The summed E-state index contributed by atoms with van der Waals surface area (Å²) in [5.41, 5.74) is 0.691. The highest BCUT2D eigenvalue weighted by atomic mass is 16.5. The van der Waals surface area contributed by atoms with Gasteiger partial charge in [0.2, 0.25) is 0 Å². The number of ether oxygens (including phenoxy) is 1. The van der Waals surface area contributed by atoms with Crippen LogP contribution >= 0.6 is 0 Å². The third kappa shape index (κ3) is 5.52. The smallest absolute Gasteiger partial charge is 0.253 e. The van der Waals surface area contributed by atoms with Crippen LogP contribution in [0.25, 0.3) is 0 Å². The Morgan fingerprint density at radius 3 is 2.57 bits per heavy atom. The van der Waals surface area contributed by atoms with Gasteiger partial charge < -0.3 is 19.4 Å². The molecule has 0 N–H and O–H groups in total. The molecule has 0 saturated carbocycles. The third-order valence-electron chi connectivity index (χ3n) is 4.28. The average molecular weight is 319 g/mol. The number of likely N-dealkylation sites (tertiary alicyclic amines) is 1. The van der Waals surface area contributed by atoms with Gasteiger partial charge >= 0.3 is 0 Å². The highest BCUT2D eigenvalue weighted by Gasteiger charge is 2.19. The van der Waals surface area contributed by atoms with Crippen LogP contribution in [-0.2, 0) is 0 Å². The number of amides is 1. The molecule has 0 bridgehead atoms. The van der Waals surface area contributed by atoms with Crippen molar-refractivity contribution in [2.45, 2.75) is 18.9 Å². The first-order valence-corrected chi connectivity index (χ1v) is 8.31. The molecule has 1 aliphatic rings. The van der Waals surface area contributed by atoms with Gasteiger partial charge in [-0.1, -0.05) is 6.07 Å². The Labute approximate surface area is 139 Å². The zero-order valence-electron chi connectivity index (χ0n) is 14.8. The minimum absolute atomic E-state index is 0.0423. The number of nitrogens with zero attached hydrogens (tertiary/aromatic N) is 3. The Kier molecular flexibility index (Phi) is 6.42. The number of carbonyl (C=O) groups is 1. The van der Waals surface area contributed by atoms with Gasteiger partial charge in [0.05, 0.1) is 0 Å². The van der Waals surface area contributed by atoms with E-state index in [1.54, 1.807) is 4.90 Å². The second-order valence-electron chi connectivity index (χ2n) is 6.68. The maximum Gasteiger partial charge on any atom is 0.253 e. The molecule has 1 heterocycles. The molecule has 0 atom stereocenters. The molecule has 1 aromatic rings. The van der Waals surface area contributed by atoms with Gasteiger partial charge in [-0.2, -0.15) is 0 Å². The normalized spacial score (nSPS) is 16.6. The maximum absolute atomic E-state index is 12.5. The lowest BCUT2D eigenvalue weighted by atomic mass is 10.1. The quantitative estimate of drug-likeness (QED) is 0.801. The summed E-state index contributed by atoms with van der Waals surface area (Å²) >= 11 is 0. The first-order chi connectivity index (χ1) is 11.0. The fraction of sp³-hybridized carbons (Fsp3) is 0.611. The van der Waals surface area contributed by atoms with E-state index in [2.05, 4.69) is 16.8 Å². The summed E-state index contributed by atoms with van der Waals surface area (Å²) in [5.74, 6) is 0.840. The second kappa shape index (κ2) is 8.31. The number of rotatable bonds is 6. The largest absolute Gasteiger partial charge is 0.490 e. The fourth-order valence-electron chi connectivity index (χ4n) is 2.67. The summed E-state index contributed by atoms with van der Waals surface area (Å²) in [5, 5.41) is 0. The number of piperidine rings is 1. The Bertz CT molecular complexity index is 511. The van der Waals surface area contributed by atoms with Gasteiger partial charge in [0.15, 0.2) is 0 Å². The van der Waals surface area contributed by atoms with Crippen LogP contribution in [0.15, 0.2) is 24.3 Å². The molecular weight excluding hydrogens is 290 g/mol. The summed E-state index contributed by atoms with van der Waals surface area (Å²) in [4.78, 5) is 18.6. The second-order valence-corrected chi connectivity index (χ2v) is 6.68. The van der Waals surface area contributed by atoms with Gasteiger partial charge in [0.25, 0.3) is 5.91 Å². The Morgan fingerprint density at radius 1 is 1.22 bits per heavy atom. The van der Waals surface area contributed by atoms with Gasteiger partial charge in [-0.05, 0) is 52.2 Å². The Morgan fingerprint density at radius 2 is 1.91 bits per heavy atom. The van der Waals surface area contributed by atoms with E-state index in [0.29, 0.717) is 12.1 Å². The predicted octanol–water partition coefficient (Wildman–Crippen LogP) is 1.79. The Balaban J connectivity index is 1.94. The van der Waals surface area contributed by atoms with E-state index in [1.165, 1.54) is 0 Å². The van der Waals surface area contributed by atoms with E-state index in [9.17, 15) is 4.79 Å². The Hall–Kier alpha value is -1.59. The lowest BCUT2D eigenvalue weighted by Crippen LogP contribution is -2.35. The van der Waals surface area contributed by atoms with Crippen molar-refractivity contribution in [3.8, 4) is 5.75 Å². The third-order valence-corrected chi connectivity index (χ3v) is 4.28. The minimum Gasteiger partial charge on any atom is -0.490 e. The van der Waals surface area contributed by atoms with Crippen LogP contribution in [0.5, 0.6) is 5.75 Å². The van der Waals surface area contributed by atoms with E-state index in [1.807, 2.05) is 45.4 Å². The van der Waals surface area contributed by atoms with Crippen molar-refractivity contribution < 1.29 is 9.53 Å². The number of hydrogen-bond donors (Lipinski definition) is 0. The molecule has 0 aromatic heterocycles. The van der Waals surface area contributed by atoms with E-state index >= 15 is 0 Å². The van der Waals surface area contributed by atoms with Crippen LogP contribution in [0.1, 0.15) is 23.2 Å². The van der Waals surface area contributed by atoms with E-state index in [4.69, 9.17) is 4.74 Å². The molecule has 5 heteroatoms. The van der Waals surface area contributed by atoms with Crippen LogP contribution in [0.3, 0.4) is 0 Å². The monoisotopic (exact) mass is 319 g/mol. The molecule has 0 radical (unpaired) electrons. The molecule has 1 amide bonds. The lowest BCUT2D eigenvalue weighted by Gasteiger charge is -2.29. The van der Waals surface area contributed by atoms with Crippen LogP contribution in [0, 0.1) is 0 Å². The molecule has 128 valence electrons. The first-order valence-electron chi connectivity index (χ1n) is 8.31. The molecule has 0 unspecified atom stereocenters. The molecule has 1 fully saturated rings. The summed E-state index contributed by atoms with van der Waals surface area (Å²) in [6.07, 6.45) is 2.33. The van der Waals surface area contributed by atoms with Gasteiger partial charge in [-0.3, -0.25) is 4.79 Å². The van der Waals surface area contributed by atoms with Crippen molar-refractivity contribution in [3.63, 3.8) is 0 Å². The van der Waals surface area contributed by atoms with Crippen LogP contribution in [0.4, 0.5) is 0 Å². The highest BCUT2D eigenvalue weighted by molar-refractivity contribution is 5.94. The van der Waals surface area contributed by atoms with Crippen molar-refractivity contribution in [1.29, 1.82) is 0 Å². The highest BCUT2D eigenvalue weighted by Crippen LogP contribution is 2.20. The molecule has 23 heavy (non-hydrogen) atoms. The summed E-state index contributed by atoms with van der Waals surface area (Å²) < 4.78 is 6.07. The molecule has 0 spiro atoms. The molecule has 0 aliphatic carbocycles. The fourth-order valence-corrected chi connectivity index (χ4v) is 2.67. The van der Waals surface area contributed by atoms with E-state index in [0.717, 1.165) is 38.2 Å². The molecule has 2 rings (SSSR count). The van der Waals surface area contributed by atoms with Crippen LogP contribution in [0.2, 0.25) is 0 Å². The summed E-state index contributed by atoms with van der Waals surface area (Å²) in [7, 11) is 8.00. The average Bonchev–Trinajstić information content (AvgIpc) is 2.54. The molecular formula is C18H29N3O2. The maximum atomic E-state index is 12.5. The standard InChI is InChI=1S/C18H29N3O2/c1-19(2)12-13-21(4)18(22)15-6-5-7-17(14-15)23-16-8-10-20(3)11-9-16/h5-7,14,16H,8-13H2,1-4H3. The van der Waals surface area contributed by atoms with Crippen molar-refractivity contribution in [2.24, 2.45) is 0 Å². The summed E-state index contributed by atoms with van der Waals surface area (Å²) in [6, 6.07) is 7.56. The van der Waals surface area contributed by atoms with Crippen molar-refractivity contribution in [2.75, 3.05) is 54.4 Å². The zero-order chi connectivity index (χ0) is 16.8. The summed E-state index contributed by atoms with van der Waals surface area (Å²) in [6.45, 7) is 3.70. The lowest BCUT2D eigenvalue weighted by molar-refractivity contribution is 0.0784. The SMILES string of the molecule is CN(C)CCN(C)C(=O)c1cccc(OC2CCN(C)CC2)c1. The number of hydrogen-bond acceptors (Lipinski definition) is 4. The van der Waals surface area contributed by atoms with Crippen LogP contribution in [-0.4, -0.2) is 81.1 Å². The molecule has 5 nitrogen and oxygen atoms in total. The van der Waals surface area contributed by atoms with Gasteiger partial charge in [-0.15, -0.1) is 0 Å². The van der Waals surface area contributed by atoms with E-state index < -0.39 is 0 Å². The molecule has 1 aliphatic heterocycles. The number of benzene rings is 1. The predicted molar refractivity (Wildman–Crippen MR) is 93.1 cm³/mol. The van der Waals surface area contributed by atoms with Gasteiger partial charge in [0, 0.05) is 38.8 Å². The van der Waals surface area contributed by atoms with Crippen molar-refractivity contribution in [3.05, 3.63) is 29.8 Å². The number of carbonyl (C=O) groups excluding carboxylic acids is 1. The minimum atomic E-state index is 0.0423. The topological polar surface area (TPSA) is 36.0 Å². The van der Waals surface area contributed by atoms with Crippen molar-refractivity contribution in [1.82, 2.24) is 14.7 Å². The van der Waals surface area contributed by atoms with Crippen LogP contribution < -0.4 is 4.74 Å². The first kappa shape index (κ1) is 17.8.